The molecule has 3 rings (SSSR count). The van der Waals surface area contributed by atoms with Crippen LogP contribution in [0, 0.1) is 5.82 Å². The van der Waals surface area contributed by atoms with E-state index < -0.39 is 0 Å². The first-order valence-electron chi connectivity index (χ1n) is 7.12. The highest BCUT2D eigenvalue weighted by Crippen LogP contribution is 2.30. The predicted molar refractivity (Wildman–Crippen MR) is 89.9 cm³/mol. The standard InChI is InChI=1S/C19H17FN2/c20-16-9-10-18(21)15(12-16)11-14-7-4-8-17(19(14)22)13-5-2-1-3-6-13/h1-10,12H,11,21-22H2. The van der Waals surface area contributed by atoms with Crippen LogP contribution in [0.25, 0.3) is 11.1 Å². The second-order valence-corrected chi connectivity index (χ2v) is 5.26. The van der Waals surface area contributed by atoms with Crippen molar-refractivity contribution in [3.63, 3.8) is 0 Å². The molecule has 0 aliphatic heterocycles. The monoisotopic (exact) mass is 292 g/mol. The molecule has 0 amide bonds. The normalized spacial score (nSPS) is 10.6. The zero-order valence-corrected chi connectivity index (χ0v) is 12.1. The second-order valence-electron chi connectivity index (χ2n) is 5.26. The first-order valence-corrected chi connectivity index (χ1v) is 7.12. The molecule has 3 heteroatoms. The zero-order valence-electron chi connectivity index (χ0n) is 12.1. The lowest BCUT2D eigenvalue weighted by Gasteiger charge is -2.12. The summed E-state index contributed by atoms with van der Waals surface area (Å²) in [4.78, 5) is 0. The Balaban J connectivity index is 2.00. The Morgan fingerprint density at radius 3 is 2.32 bits per heavy atom. The van der Waals surface area contributed by atoms with Crippen LogP contribution in [-0.2, 0) is 6.42 Å². The fraction of sp³-hybridized carbons (Fsp3) is 0.0526. The van der Waals surface area contributed by atoms with Gasteiger partial charge in [-0.25, -0.2) is 4.39 Å². The van der Waals surface area contributed by atoms with Gasteiger partial charge >= 0.3 is 0 Å². The molecule has 0 spiro atoms. The van der Waals surface area contributed by atoms with Crippen LogP contribution in [0.5, 0.6) is 0 Å². The molecule has 0 atom stereocenters. The van der Waals surface area contributed by atoms with Crippen molar-refractivity contribution in [2.45, 2.75) is 6.42 Å². The van der Waals surface area contributed by atoms with Crippen LogP contribution in [-0.4, -0.2) is 0 Å². The highest BCUT2D eigenvalue weighted by atomic mass is 19.1. The molecule has 3 aromatic carbocycles. The minimum Gasteiger partial charge on any atom is -0.398 e. The van der Waals surface area contributed by atoms with Gasteiger partial charge in [-0.1, -0.05) is 48.5 Å². The lowest BCUT2D eigenvalue weighted by molar-refractivity contribution is 0.626. The maximum absolute atomic E-state index is 13.4. The van der Waals surface area contributed by atoms with Gasteiger partial charge in [0.05, 0.1) is 0 Å². The molecule has 22 heavy (non-hydrogen) atoms. The van der Waals surface area contributed by atoms with Crippen LogP contribution in [0.4, 0.5) is 15.8 Å². The van der Waals surface area contributed by atoms with Crippen molar-refractivity contribution < 1.29 is 4.39 Å². The summed E-state index contributed by atoms with van der Waals surface area (Å²) in [5.74, 6) is -0.290. The van der Waals surface area contributed by atoms with Gasteiger partial charge < -0.3 is 11.5 Å². The number of para-hydroxylation sites is 1. The molecule has 0 saturated heterocycles. The molecular formula is C19H17FN2. The van der Waals surface area contributed by atoms with E-state index in [2.05, 4.69) is 0 Å². The zero-order chi connectivity index (χ0) is 15.5. The SMILES string of the molecule is Nc1ccc(F)cc1Cc1cccc(-c2ccccc2)c1N. The fourth-order valence-electron chi connectivity index (χ4n) is 2.57. The Morgan fingerprint density at radius 2 is 1.55 bits per heavy atom. The number of benzene rings is 3. The molecule has 0 heterocycles. The Labute approximate surface area is 129 Å². The molecule has 0 aromatic heterocycles. The van der Waals surface area contributed by atoms with E-state index >= 15 is 0 Å². The van der Waals surface area contributed by atoms with Crippen LogP contribution in [0.2, 0.25) is 0 Å². The molecule has 3 aromatic rings. The lowest BCUT2D eigenvalue weighted by atomic mass is 9.96. The highest BCUT2D eigenvalue weighted by Gasteiger charge is 2.09. The molecule has 4 N–H and O–H groups in total. The molecule has 110 valence electrons. The van der Waals surface area contributed by atoms with Crippen molar-refractivity contribution in [1.29, 1.82) is 0 Å². The third-order valence-electron chi connectivity index (χ3n) is 3.77. The Hall–Kier alpha value is -2.81. The molecule has 0 radical (unpaired) electrons. The maximum Gasteiger partial charge on any atom is 0.123 e. The summed E-state index contributed by atoms with van der Waals surface area (Å²) in [6.45, 7) is 0. The third-order valence-corrected chi connectivity index (χ3v) is 3.77. The van der Waals surface area contributed by atoms with E-state index in [0.29, 0.717) is 17.8 Å². The van der Waals surface area contributed by atoms with E-state index in [-0.39, 0.29) is 5.82 Å². The minimum atomic E-state index is -0.290. The second kappa shape index (κ2) is 5.90. The summed E-state index contributed by atoms with van der Waals surface area (Å²) >= 11 is 0. The average Bonchev–Trinajstić information content (AvgIpc) is 2.54. The molecule has 0 aliphatic rings. The van der Waals surface area contributed by atoms with Gasteiger partial charge in [0.15, 0.2) is 0 Å². The maximum atomic E-state index is 13.4. The smallest absolute Gasteiger partial charge is 0.123 e. The van der Waals surface area contributed by atoms with Gasteiger partial charge in [0, 0.05) is 23.4 Å². The Bertz CT molecular complexity index is 798. The van der Waals surface area contributed by atoms with Crippen LogP contribution in [0.15, 0.2) is 66.7 Å². The van der Waals surface area contributed by atoms with Gasteiger partial charge in [-0.15, -0.1) is 0 Å². The lowest BCUT2D eigenvalue weighted by Crippen LogP contribution is -2.01. The number of hydrogen-bond donors (Lipinski definition) is 2. The number of nitrogen functional groups attached to an aromatic ring is 2. The number of nitrogens with two attached hydrogens (primary N) is 2. The first-order chi connectivity index (χ1) is 10.6. The van der Waals surface area contributed by atoms with E-state index in [0.717, 1.165) is 22.3 Å². The number of hydrogen-bond acceptors (Lipinski definition) is 2. The third kappa shape index (κ3) is 2.79. The fourth-order valence-corrected chi connectivity index (χ4v) is 2.57. The van der Waals surface area contributed by atoms with Crippen molar-refractivity contribution in [3.8, 4) is 11.1 Å². The molecule has 2 nitrogen and oxygen atoms in total. The topological polar surface area (TPSA) is 52.0 Å². The van der Waals surface area contributed by atoms with Crippen LogP contribution in [0.3, 0.4) is 0 Å². The summed E-state index contributed by atoms with van der Waals surface area (Å²) < 4.78 is 13.4. The van der Waals surface area contributed by atoms with Gasteiger partial charge in [0.1, 0.15) is 5.82 Å². The average molecular weight is 292 g/mol. The van der Waals surface area contributed by atoms with Gasteiger partial charge in [0.2, 0.25) is 0 Å². The van der Waals surface area contributed by atoms with E-state index in [1.165, 1.54) is 12.1 Å². The van der Waals surface area contributed by atoms with Crippen molar-refractivity contribution in [2.75, 3.05) is 11.5 Å². The summed E-state index contributed by atoms with van der Waals surface area (Å²) in [5.41, 5.74) is 17.3. The van der Waals surface area contributed by atoms with Crippen molar-refractivity contribution in [2.24, 2.45) is 0 Å². The number of halogens is 1. The van der Waals surface area contributed by atoms with Crippen LogP contribution >= 0.6 is 0 Å². The summed E-state index contributed by atoms with van der Waals surface area (Å²) in [5, 5.41) is 0. The summed E-state index contributed by atoms with van der Waals surface area (Å²) in [6.07, 6.45) is 0.510. The Morgan fingerprint density at radius 1 is 0.773 bits per heavy atom. The van der Waals surface area contributed by atoms with Crippen molar-refractivity contribution in [1.82, 2.24) is 0 Å². The minimum absolute atomic E-state index is 0.290. The van der Waals surface area contributed by atoms with Gasteiger partial charge in [-0.2, -0.15) is 0 Å². The molecule has 0 saturated carbocycles. The summed E-state index contributed by atoms with van der Waals surface area (Å²) in [6, 6.07) is 20.3. The Kier molecular flexibility index (Phi) is 3.79. The predicted octanol–water partition coefficient (Wildman–Crippen LogP) is 4.25. The van der Waals surface area contributed by atoms with Gasteiger partial charge in [-0.3, -0.25) is 0 Å². The van der Waals surface area contributed by atoms with E-state index in [1.54, 1.807) is 6.07 Å². The van der Waals surface area contributed by atoms with E-state index in [9.17, 15) is 4.39 Å². The largest absolute Gasteiger partial charge is 0.398 e. The molecule has 0 unspecified atom stereocenters. The summed E-state index contributed by atoms with van der Waals surface area (Å²) in [7, 11) is 0. The highest BCUT2D eigenvalue weighted by molar-refractivity contribution is 5.78. The van der Waals surface area contributed by atoms with Crippen LogP contribution in [0.1, 0.15) is 11.1 Å². The van der Waals surface area contributed by atoms with Crippen molar-refractivity contribution in [3.05, 3.63) is 83.7 Å². The molecule has 0 bridgehead atoms. The van der Waals surface area contributed by atoms with Crippen molar-refractivity contribution >= 4 is 11.4 Å². The van der Waals surface area contributed by atoms with Gasteiger partial charge in [0.25, 0.3) is 0 Å². The molecular weight excluding hydrogens is 275 g/mol. The molecule has 0 fully saturated rings. The number of anilines is 2. The van der Waals surface area contributed by atoms with E-state index in [4.69, 9.17) is 11.5 Å². The van der Waals surface area contributed by atoms with Crippen LogP contribution < -0.4 is 11.5 Å². The first kappa shape index (κ1) is 14.1. The van der Waals surface area contributed by atoms with E-state index in [1.807, 2.05) is 48.5 Å². The van der Waals surface area contributed by atoms with Gasteiger partial charge in [-0.05, 0) is 34.9 Å². The number of rotatable bonds is 3. The quantitative estimate of drug-likeness (QED) is 0.709. The molecule has 0 aliphatic carbocycles.